The second-order valence-electron chi connectivity index (χ2n) is 11.4. The van der Waals surface area contributed by atoms with Crippen LogP contribution < -0.4 is 10.6 Å². The summed E-state index contributed by atoms with van der Waals surface area (Å²) in [5.74, 6) is -1.46. The highest BCUT2D eigenvalue weighted by Gasteiger charge is 2.54. The number of hydrogen-bond donors (Lipinski definition) is 2. The molecule has 8 nitrogen and oxygen atoms in total. The highest BCUT2D eigenvalue weighted by Crippen LogP contribution is 2.48. The normalized spacial score (nSPS) is 15.1. The van der Waals surface area contributed by atoms with Gasteiger partial charge in [-0.25, -0.2) is 22.8 Å². The molecule has 13 heteroatoms. The van der Waals surface area contributed by atoms with E-state index in [0.717, 1.165) is 10.7 Å². The molecule has 1 aliphatic rings. The van der Waals surface area contributed by atoms with Crippen LogP contribution in [0.4, 0.5) is 28.9 Å². The van der Waals surface area contributed by atoms with Gasteiger partial charge in [0.05, 0.1) is 45.1 Å². The lowest BCUT2D eigenvalue weighted by atomic mass is 9.96. The molecule has 0 amide bonds. The van der Waals surface area contributed by atoms with Crippen LogP contribution in [0.2, 0.25) is 5.02 Å². The Bertz CT molecular complexity index is 1670. The van der Waals surface area contributed by atoms with Gasteiger partial charge >= 0.3 is 0 Å². The highest BCUT2D eigenvalue weighted by atomic mass is 35.5. The molecule has 1 aliphatic carbocycles. The Hall–Kier alpha value is -3.98. The molecule has 0 radical (unpaired) electrons. The Morgan fingerprint density at radius 2 is 1.95 bits per heavy atom. The summed E-state index contributed by atoms with van der Waals surface area (Å²) in [7, 11) is 0. The number of aryl methyl sites for hydroxylation is 1. The molecule has 0 aliphatic heterocycles. The van der Waals surface area contributed by atoms with Crippen LogP contribution in [0.5, 0.6) is 0 Å². The van der Waals surface area contributed by atoms with Gasteiger partial charge in [0.1, 0.15) is 17.3 Å². The summed E-state index contributed by atoms with van der Waals surface area (Å²) in [6, 6.07) is 5.03. The van der Waals surface area contributed by atoms with Crippen LogP contribution >= 0.6 is 11.6 Å². The quantitative estimate of drug-likeness (QED) is 0.174. The molecule has 1 saturated carbocycles. The number of pyridine rings is 2. The number of hydrogen-bond acceptors (Lipinski definition) is 7. The Morgan fingerprint density at radius 3 is 2.56 bits per heavy atom. The van der Waals surface area contributed by atoms with Gasteiger partial charge in [-0.15, -0.1) is 5.10 Å². The molecule has 4 aromatic rings. The number of anilines is 2. The first-order chi connectivity index (χ1) is 19.3. The second kappa shape index (κ2) is 10.4. The summed E-state index contributed by atoms with van der Waals surface area (Å²) in [5.41, 5.74) is -0.281. The topological polar surface area (TPSA) is 104 Å². The minimum Gasteiger partial charge on any atom is -0.383 e. The molecular weight excluding hydrogens is 560 g/mol. The van der Waals surface area contributed by atoms with Crippen molar-refractivity contribution < 1.29 is 17.6 Å². The molecule has 5 rings (SSSR count). The summed E-state index contributed by atoms with van der Waals surface area (Å²) in [6.07, 6.45) is 0.560. The first-order valence-electron chi connectivity index (χ1n) is 12.9. The van der Waals surface area contributed by atoms with E-state index >= 15 is 4.39 Å². The predicted molar refractivity (Wildman–Crippen MR) is 147 cm³/mol. The lowest BCUT2D eigenvalue weighted by molar-refractivity contribution is 0.0593. The van der Waals surface area contributed by atoms with Gasteiger partial charge in [0, 0.05) is 24.0 Å². The zero-order valence-corrected chi connectivity index (χ0v) is 23.5. The molecule has 1 unspecified atom stereocenters. The van der Waals surface area contributed by atoms with Crippen molar-refractivity contribution in [1.29, 1.82) is 5.26 Å². The first kappa shape index (κ1) is 28.5. The number of nitrogens with one attached hydrogen (secondary N) is 2. The van der Waals surface area contributed by atoms with E-state index in [1.165, 1.54) is 24.5 Å². The first-order valence-corrected chi connectivity index (χ1v) is 13.3. The molecule has 214 valence electrons. The highest BCUT2D eigenvalue weighted by molar-refractivity contribution is 6.36. The number of rotatable bonds is 8. The smallest absolute Gasteiger partial charge is 0.263 e. The average molecular weight is 587 g/mol. The van der Waals surface area contributed by atoms with E-state index in [4.69, 9.17) is 11.6 Å². The summed E-state index contributed by atoms with van der Waals surface area (Å²) in [5, 5.41) is 24.2. The van der Waals surface area contributed by atoms with Gasteiger partial charge in [-0.2, -0.15) is 9.65 Å². The van der Waals surface area contributed by atoms with Gasteiger partial charge in [-0.3, -0.25) is 4.98 Å². The maximum Gasteiger partial charge on any atom is 0.263 e. The number of halogens is 5. The molecule has 1 aromatic carbocycles. The van der Waals surface area contributed by atoms with Gasteiger partial charge < -0.3 is 10.6 Å². The summed E-state index contributed by atoms with van der Waals surface area (Å²) in [6.45, 7) is 7.96. The van der Waals surface area contributed by atoms with Crippen LogP contribution in [-0.2, 0) is 5.54 Å². The number of nitrogens with zero attached hydrogens (tertiary/aromatic N) is 6. The van der Waals surface area contributed by atoms with Gasteiger partial charge in [0.15, 0.2) is 5.82 Å². The van der Waals surface area contributed by atoms with Crippen molar-refractivity contribution in [2.45, 2.75) is 58.5 Å². The van der Waals surface area contributed by atoms with Crippen molar-refractivity contribution in [2.75, 3.05) is 17.2 Å². The van der Waals surface area contributed by atoms with Crippen molar-refractivity contribution in [3.05, 3.63) is 69.9 Å². The zero-order chi connectivity index (χ0) is 29.7. The predicted octanol–water partition coefficient (Wildman–Crippen LogP) is 6.75. The molecule has 0 bridgehead atoms. The summed E-state index contributed by atoms with van der Waals surface area (Å²) >= 11 is 6.57. The van der Waals surface area contributed by atoms with E-state index in [0.29, 0.717) is 12.1 Å². The number of aromatic nitrogens is 5. The van der Waals surface area contributed by atoms with Crippen molar-refractivity contribution >= 4 is 33.9 Å². The van der Waals surface area contributed by atoms with E-state index in [1.54, 1.807) is 6.92 Å². The molecule has 3 aromatic heterocycles. The van der Waals surface area contributed by atoms with Crippen molar-refractivity contribution in [3.63, 3.8) is 0 Å². The minimum absolute atomic E-state index is 0.00860. The number of alkyl halides is 2. The van der Waals surface area contributed by atoms with Gasteiger partial charge in [-0.05, 0) is 37.3 Å². The Morgan fingerprint density at radius 1 is 1.22 bits per heavy atom. The van der Waals surface area contributed by atoms with E-state index in [1.807, 2.05) is 26.8 Å². The van der Waals surface area contributed by atoms with E-state index < -0.39 is 29.8 Å². The molecule has 1 fully saturated rings. The molecule has 0 saturated heterocycles. The summed E-state index contributed by atoms with van der Waals surface area (Å²) in [4.78, 5) is 8.10. The standard InChI is InChI=1S/C28H27ClF4N8/c1-14-16(5-6-20(30)37-14)24(19-12-41(40-39-19)28(7-8-28)26(32)33)38-18-9-17(29)25-21(22(18)31)23(15(10-34)11-35-25)36-13-27(2,3)4/h5-6,9,11-12,24,26,38H,7-8,13H2,1-4H3,(H,35,36). The summed E-state index contributed by atoms with van der Waals surface area (Å²) < 4.78 is 59.0. The molecule has 2 N–H and O–H groups in total. The molecule has 41 heavy (non-hydrogen) atoms. The van der Waals surface area contributed by atoms with Crippen LogP contribution in [0.15, 0.2) is 30.6 Å². The van der Waals surface area contributed by atoms with E-state index in [2.05, 4.69) is 30.9 Å². The van der Waals surface area contributed by atoms with Gasteiger partial charge in [-0.1, -0.05) is 43.7 Å². The molecule has 3 heterocycles. The third-order valence-electron chi connectivity index (χ3n) is 7.08. The van der Waals surface area contributed by atoms with Gasteiger partial charge in [0.25, 0.3) is 6.43 Å². The maximum atomic E-state index is 16.4. The molecular formula is C28H27ClF4N8. The third-order valence-corrected chi connectivity index (χ3v) is 7.37. The molecule has 0 spiro atoms. The van der Waals surface area contributed by atoms with Crippen molar-refractivity contribution in [1.82, 2.24) is 25.0 Å². The Balaban J connectivity index is 1.65. The average Bonchev–Trinajstić information content (AvgIpc) is 3.58. The SMILES string of the molecule is Cc1nc(F)ccc1C(Nc1cc(Cl)c2ncc(C#N)c(NCC(C)(C)C)c2c1F)c1cn(C2(C(F)F)CC2)nn1. The van der Waals surface area contributed by atoms with Crippen LogP contribution in [0.25, 0.3) is 10.9 Å². The number of nitriles is 1. The fraction of sp³-hybridized carbons (Fsp3) is 0.393. The zero-order valence-electron chi connectivity index (χ0n) is 22.7. The molecule has 1 atom stereocenters. The van der Waals surface area contributed by atoms with E-state index in [-0.39, 0.29) is 62.5 Å². The van der Waals surface area contributed by atoms with Crippen molar-refractivity contribution in [2.24, 2.45) is 5.41 Å². The number of fused-ring (bicyclic) bond motifs is 1. The largest absolute Gasteiger partial charge is 0.383 e. The maximum absolute atomic E-state index is 16.4. The Kier molecular flexibility index (Phi) is 7.27. The van der Waals surface area contributed by atoms with Crippen LogP contribution in [0, 0.1) is 35.4 Å². The van der Waals surface area contributed by atoms with E-state index in [9.17, 15) is 18.4 Å². The van der Waals surface area contributed by atoms with Crippen LogP contribution in [0.3, 0.4) is 0 Å². The van der Waals surface area contributed by atoms with Crippen molar-refractivity contribution in [3.8, 4) is 6.07 Å². The minimum atomic E-state index is -2.64. The number of benzene rings is 1. The lowest BCUT2D eigenvalue weighted by Crippen LogP contribution is -2.26. The Labute approximate surface area is 238 Å². The fourth-order valence-electron chi connectivity index (χ4n) is 4.64. The van der Waals surface area contributed by atoms with Crippen LogP contribution in [-0.4, -0.2) is 37.9 Å². The lowest BCUT2D eigenvalue weighted by Gasteiger charge is -2.23. The second-order valence-corrected chi connectivity index (χ2v) is 11.8. The third kappa shape index (κ3) is 5.38. The fourth-order valence-corrected chi connectivity index (χ4v) is 4.89. The van der Waals surface area contributed by atoms with Crippen LogP contribution in [0.1, 0.15) is 62.2 Å². The van der Waals surface area contributed by atoms with Gasteiger partial charge in [0.2, 0.25) is 5.95 Å². The monoisotopic (exact) mass is 586 g/mol.